The fourth-order valence-electron chi connectivity index (χ4n) is 0.308. The Bertz CT molecular complexity index is 87.1. The first-order valence-corrected chi connectivity index (χ1v) is 4.38. The van der Waals surface area contributed by atoms with Gasteiger partial charge in [0, 0.05) is 33.9 Å². The number of hydrogen-bond donors (Lipinski definition) is 3. The van der Waals surface area contributed by atoms with Crippen LogP contribution >= 0.6 is 10.8 Å². The van der Waals surface area contributed by atoms with Crippen LogP contribution in [0.3, 0.4) is 0 Å². The molecular weight excluding hydrogens is 326 g/mol. The SMILES string of the molecule is [CH2-]CCN(O)S(C)(O)O.[W]. The second-order valence-electron chi connectivity index (χ2n) is 1.72. The maximum atomic E-state index is 8.72. The molecule has 0 aliphatic carbocycles. The monoisotopic (exact) mass is 338 g/mol. The van der Waals surface area contributed by atoms with Crippen LogP contribution in [0.25, 0.3) is 0 Å². The Hall–Kier alpha value is 0.878. The van der Waals surface area contributed by atoms with Crippen molar-refractivity contribution in [3.05, 3.63) is 6.92 Å². The van der Waals surface area contributed by atoms with Crippen molar-refractivity contribution in [2.45, 2.75) is 6.42 Å². The third-order valence-electron chi connectivity index (χ3n) is 0.749. The molecule has 3 N–H and O–H groups in total. The molecule has 0 saturated carbocycles. The molecule has 0 spiro atoms. The second-order valence-corrected chi connectivity index (χ2v) is 3.73. The van der Waals surface area contributed by atoms with Crippen LogP contribution in [0.2, 0.25) is 0 Å². The molecule has 0 heterocycles. The molecule has 0 aromatic rings. The average molecular weight is 338 g/mol. The first-order valence-electron chi connectivity index (χ1n) is 2.47. The van der Waals surface area contributed by atoms with E-state index in [-0.39, 0.29) is 27.6 Å². The maximum Gasteiger partial charge on any atom is 0.0440 e. The van der Waals surface area contributed by atoms with Gasteiger partial charge in [0.1, 0.15) is 0 Å². The molecule has 0 aromatic heterocycles. The first kappa shape index (κ1) is 13.5. The molecule has 0 radical (unpaired) electrons. The Morgan fingerprint density at radius 3 is 2.00 bits per heavy atom. The van der Waals surface area contributed by atoms with Crippen molar-refractivity contribution in [1.29, 1.82) is 0 Å². The molecule has 6 heteroatoms. The fourth-order valence-corrected chi connectivity index (χ4v) is 0.783. The maximum absolute atomic E-state index is 8.72. The van der Waals surface area contributed by atoms with Crippen LogP contribution in [-0.4, -0.2) is 31.6 Å². The van der Waals surface area contributed by atoms with Gasteiger partial charge in [0.2, 0.25) is 0 Å². The first-order chi connectivity index (χ1) is 3.98. The van der Waals surface area contributed by atoms with E-state index in [2.05, 4.69) is 6.92 Å². The summed E-state index contributed by atoms with van der Waals surface area (Å²) in [6, 6.07) is 0. The summed E-state index contributed by atoms with van der Waals surface area (Å²) in [5.41, 5.74) is 0. The van der Waals surface area contributed by atoms with E-state index in [9.17, 15) is 0 Å². The van der Waals surface area contributed by atoms with E-state index in [0.717, 1.165) is 6.26 Å². The third kappa shape index (κ3) is 5.65. The van der Waals surface area contributed by atoms with E-state index < -0.39 is 10.8 Å². The normalized spacial score (nSPS) is 13.0. The molecule has 0 unspecified atom stereocenters. The van der Waals surface area contributed by atoms with Gasteiger partial charge < -0.3 is 6.92 Å². The summed E-state index contributed by atoms with van der Waals surface area (Å²) >= 11 is 0. The zero-order valence-corrected chi connectivity index (χ0v) is 9.48. The Morgan fingerprint density at radius 1 is 1.50 bits per heavy atom. The molecule has 0 fully saturated rings. The molecule has 0 aromatic carbocycles. The van der Waals surface area contributed by atoms with Gasteiger partial charge in [0.25, 0.3) is 0 Å². The Morgan fingerprint density at radius 2 is 1.90 bits per heavy atom. The predicted octanol–water partition coefficient (Wildman–Crippen LogP) is 1.19. The van der Waals surface area contributed by atoms with Crippen LogP contribution in [-0.2, 0) is 21.1 Å². The van der Waals surface area contributed by atoms with E-state index in [1.165, 1.54) is 0 Å². The minimum atomic E-state index is -2.92. The topological polar surface area (TPSA) is 63.9 Å². The largest absolute Gasteiger partial charge is 0.342 e. The average Bonchev–Trinajstić information content (AvgIpc) is 1.64. The summed E-state index contributed by atoms with van der Waals surface area (Å²) in [5.74, 6) is 0. The van der Waals surface area contributed by atoms with Gasteiger partial charge in [-0.3, -0.25) is 14.3 Å². The van der Waals surface area contributed by atoms with Gasteiger partial charge in [0.05, 0.1) is 0 Å². The van der Waals surface area contributed by atoms with E-state index in [4.69, 9.17) is 14.3 Å². The van der Waals surface area contributed by atoms with Gasteiger partial charge in [-0.1, -0.05) is 4.47 Å². The molecule has 0 bridgehead atoms. The Balaban J connectivity index is 0. The van der Waals surface area contributed by atoms with Crippen molar-refractivity contribution < 1.29 is 35.4 Å². The summed E-state index contributed by atoms with van der Waals surface area (Å²) in [6.07, 6.45) is 1.60. The summed E-state index contributed by atoms with van der Waals surface area (Å²) in [4.78, 5) is 0. The van der Waals surface area contributed by atoms with Crippen LogP contribution in [0.5, 0.6) is 0 Å². The van der Waals surface area contributed by atoms with Gasteiger partial charge in [0.15, 0.2) is 0 Å². The van der Waals surface area contributed by atoms with Crippen LogP contribution in [0.15, 0.2) is 0 Å². The summed E-state index contributed by atoms with van der Waals surface area (Å²) in [7, 11) is -2.92. The molecule has 0 rings (SSSR count). The van der Waals surface area contributed by atoms with Crippen LogP contribution in [0.1, 0.15) is 6.42 Å². The smallest absolute Gasteiger partial charge is 0.0440 e. The Kier molecular flexibility index (Phi) is 7.43. The summed E-state index contributed by atoms with van der Waals surface area (Å²) in [6.45, 7) is 3.61. The molecule has 0 saturated heterocycles. The van der Waals surface area contributed by atoms with Crippen molar-refractivity contribution in [2.24, 2.45) is 0 Å². The molecule has 64 valence electrons. The van der Waals surface area contributed by atoms with Crippen molar-refractivity contribution in [3.8, 4) is 0 Å². The molecule has 0 aliphatic rings. The van der Waals surface area contributed by atoms with Gasteiger partial charge in [-0.05, 0) is 0 Å². The van der Waals surface area contributed by atoms with Gasteiger partial charge in [-0.15, -0.1) is 10.8 Å². The Labute approximate surface area is 76.9 Å². The van der Waals surface area contributed by atoms with Crippen molar-refractivity contribution in [3.63, 3.8) is 0 Å². The quantitative estimate of drug-likeness (QED) is 0.535. The fraction of sp³-hybridized carbons (Fsp3) is 0.750. The second kappa shape index (κ2) is 5.52. The molecule has 10 heavy (non-hydrogen) atoms. The number of rotatable bonds is 3. The zero-order valence-electron chi connectivity index (χ0n) is 5.73. The minimum absolute atomic E-state index is 0. The molecule has 4 nitrogen and oxygen atoms in total. The minimum Gasteiger partial charge on any atom is -0.342 e. The van der Waals surface area contributed by atoms with Gasteiger partial charge >= 0.3 is 0 Å². The van der Waals surface area contributed by atoms with Crippen LogP contribution < -0.4 is 0 Å². The number of hydrogen-bond acceptors (Lipinski definition) is 4. The van der Waals surface area contributed by atoms with Crippen molar-refractivity contribution >= 4 is 10.8 Å². The van der Waals surface area contributed by atoms with E-state index in [1.807, 2.05) is 0 Å². The summed E-state index contributed by atoms with van der Waals surface area (Å²) in [5, 5.41) is 8.72. The number of nitrogens with zero attached hydrogens (tertiary/aromatic N) is 1. The molecule has 0 aliphatic heterocycles. The summed E-state index contributed by atoms with van der Waals surface area (Å²) < 4.78 is 17.9. The van der Waals surface area contributed by atoms with Crippen molar-refractivity contribution in [1.82, 2.24) is 4.47 Å². The van der Waals surface area contributed by atoms with Gasteiger partial charge in [-0.2, -0.15) is 6.42 Å². The van der Waals surface area contributed by atoms with Gasteiger partial charge in [-0.25, -0.2) is 0 Å². The number of hydroxylamine groups is 1. The predicted molar refractivity (Wildman–Crippen MR) is 37.2 cm³/mol. The van der Waals surface area contributed by atoms with E-state index in [0.29, 0.717) is 10.9 Å². The third-order valence-corrected chi connectivity index (χ3v) is 1.73. The van der Waals surface area contributed by atoms with Crippen LogP contribution in [0.4, 0.5) is 0 Å². The molecular formula is C4H12NO3SW-. The zero-order chi connectivity index (χ0) is 7.49. The van der Waals surface area contributed by atoms with Crippen molar-refractivity contribution in [2.75, 3.05) is 12.8 Å². The molecule has 0 atom stereocenters. The van der Waals surface area contributed by atoms with E-state index >= 15 is 0 Å². The van der Waals surface area contributed by atoms with E-state index in [1.54, 1.807) is 0 Å². The van der Waals surface area contributed by atoms with Crippen LogP contribution in [0, 0.1) is 6.92 Å². The molecule has 0 amide bonds. The standard InChI is InChI=1S/C4H12NO3S.W/c1-3-4-5(6)9(2,7)8;/h6-8H,1,3-4H2,2H3;/q-1;.